The second-order valence-electron chi connectivity index (χ2n) is 7.75. The largest absolute Gasteiger partial charge is 0.444 e. The Morgan fingerprint density at radius 2 is 1.85 bits per heavy atom. The van der Waals surface area contributed by atoms with Gasteiger partial charge < -0.3 is 10.1 Å². The lowest BCUT2D eigenvalue weighted by molar-refractivity contribution is -0.199. The molecule has 0 aromatic heterocycles. The lowest BCUT2D eigenvalue weighted by Crippen LogP contribution is -2.56. The minimum absolute atomic E-state index is 0.181. The zero-order chi connectivity index (χ0) is 19.5. The first-order chi connectivity index (χ1) is 12.0. The Balaban J connectivity index is 2.09. The lowest BCUT2D eigenvalue weighted by Gasteiger charge is -2.43. The molecular weight excluding hydrogens is 345 g/mol. The number of alkyl carbamates (subject to hydrolysis) is 1. The number of hydrogen-bond acceptors (Lipinski definition) is 3. The number of piperidine rings is 1. The van der Waals surface area contributed by atoms with Crippen LogP contribution in [-0.2, 0) is 4.74 Å². The maximum Gasteiger partial charge on any atom is 0.407 e. The molecule has 3 atom stereocenters. The van der Waals surface area contributed by atoms with Crippen molar-refractivity contribution in [2.45, 2.75) is 70.4 Å². The van der Waals surface area contributed by atoms with Crippen molar-refractivity contribution < 1.29 is 22.7 Å². The lowest BCUT2D eigenvalue weighted by atomic mass is 9.93. The third kappa shape index (κ3) is 5.62. The highest BCUT2D eigenvalue weighted by Gasteiger charge is 2.48. The Hall–Kier alpha value is -1.76. The predicted octanol–water partition coefficient (Wildman–Crippen LogP) is 4.67. The molecule has 0 bridgehead atoms. The topological polar surface area (TPSA) is 41.6 Å². The Morgan fingerprint density at radius 1 is 1.23 bits per heavy atom. The third-order valence-electron chi connectivity index (χ3n) is 4.52. The summed E-state index contributed by atoms with van der Waals surface area (Å²) in [4.78, 5) is 13.4. The van der Waals surface area contributed by atoms with Gasteiger partial charge in [-0.1, -0.05) is 30.3 Å². The third-order valence-corrected chi connectivity index (χ3v) is 4.52. The average molecular weight is 372 g/mol. The Labute approximate surface area is 152 Å². The highest BCUT2D eigenvalue weighted by molar-refractivity contribution is 5.68. The maximum atomic E-state index is 13.7. The summed E-state index contributed by atoms with van der Waals surface area (Å²) in [6.07, 6.45) is -4.77. The van der Waals surface area contributed by atoms with Crippen LogP contribution in [0, 0.1) is 0 Å². The van der Waals surface area contributed by atoms with Crippen LogP contribution in [0.2, 0.25) is 0 Å². The van der Waals surface area contributed by atoms with Gasteiger partial charge in [-0.3, -0.25) is 4.90 Å². The second-order valence-corrected chi connectivity index (χ2v) is 7.75. The molecule has 1 saturated heterocycles. The number of halogens is 3. The van der Waals surface area contributed by atoms with E-state index in [1.807, 2.05) is 30.3 Å². The van der Waals surface area contributed by atoms with Crippen molar-refractivity contribution in [3.05, 3.63) is 35.9 Å². The van der Waals surface area contributed by atoms with Gasteiger partial charge in [0.05, 0.1) is 0 Å². The van der Waals surface area contributed by atoms with Crippen molar-refractivity contribution >= 4 is 6.09 Å². The number of amides is 1. The second kappa shape index (κ2) is 7.86. The molecule has 3 unspecified atom stereocenters. The number of hydrogen-bond donors (Lipinski definition) is 1. The van der Waals surface area contributed by atoms with Gasteiger partial charge in [0.2, 0.25) is 0 Å². The van der Waals surface area contributed by atoms with Gasteiger partial charge in [-0.15, -0.1) is 0 Å². The Bertz CT molecular complexity index is 599. The Morgan fingerprint density at radius 3 is 2.38 bits per heavy atom. The van der Waals surface area contributed by atoms with Crippen LogP contribution >= 0.6 is 0 Å². The summed E-state index contributed by atoms with van der Waals surface area (Å²) in [5.41, 5.74) is 0.163. The van der Waals surface area contributed by atoms with E-state index in [2.05, 4.69) is 5.32 Å². The van der Waals surface area contributed by atoms with Crippen LogP contribution in [0.4, 0.5) is 18.0 Å². The van der Waals surface area contributed by atoms with Gasteiger partial charge in [-0.2, -0.15) is 13.2 Å². The van der Waals surface area contributed by atoms with Crippen LogP contribution in [0.1, 0.15) is 52.1 Å². The quantitative estimate of drug-likeness (QED) is 0.838. The van der Waals surface area contributed by atoms with Crippen molar-refractivity contribution in [1.29, 1.82) is 0 Å². The van der Waals surface area contributed by atoms with E-state index in [0.29, 0.717) is 6.42 Å². The van der Waals surface area contributed by atoms with Crippen molar-refractivity contribution in [1.82, 2.24) is 10.2 Å². The first-order valence-electron chi connectivity index (χ1n) is 8.84. The van der Waals surface area contributed by atoms with Crippen LogP contribution in [0.25, 0.3) is 0 Å². The van der Waals surface area contributed by atoms with E-state index < -0.39 is 30.0 Å². The molecule has 1 aliphatic heterocycles. The van der Waals surface area contributed by atoms with E-state index in [4.69, 9.17) is 4.74 Å². The molecule has 1 aromatic rings. The summed E-state index contributed by atoms with van der Waals surface area (Å²) in [5.74, 6) is 0. The predicted molar refractivity (Wildman–Crippen MR) is 93.8 cm³/mol. The Kier molecular flexibility index (Phi) is 6.21. The molecule has 0 spiro atoms. The van der Waals surface area contributed by atoms with Gasteiger partial charge in [-0.25, -0.2) is 4.79 Å². The number of ether oxygens (including phenoxy) is 1. The number of rotatable bonds is 3. The first-order valence-corrected chi connectivity index (χ1v) is 8.84. The number of benzene rings is 1. The number of carbonyl (C=O) groups is 1. The standard InChI is InChI=1S/C19H27F3N2O2/c1-13(14-8-6-5-7-9-14)24-11-10-15(12-16(24)19(20,21)22)23-17(25)26-18(2,3)4/h5-9,13,15-16H,10-12H2,1-4H3,(H,23,25). The van der Waals surface area contributed by atoms with E-state index in [0.717, 1.165) is 5.56 Å². The molecule has 4 nitrogen and oxygen atoms in total. The summed E-state index contributed by atoms with van der Waals surface area (Å²) < 4.78 is 46.2. The van der Waals surface area contributed by atoms with E-state index in [1.54, 1.807) is 27.7 Å². The maximum absolute atomic E-state index is 13.7. The summed E-state index contributed by atoms with van der Waals surface area (Å²) in [6.45, 7) is 7.19. The molecule has 1 aromatic carbocycles. The van der Waals surface area contributed by atoms with Gasteiger partial charge in [0.1, 0.15) is 11.6 Å². The molecule has 1 N–H and O–H groups in total. The molecule has 1 amide bonds. The molecule has 0 saturated carbocycles. The number of nitrogens with one attached hydrogen (secondary N) is 1. The molecule has 26 heavy (non-hydrogen) atoms. The minimum Gasteiger partial charge on any atom is -0.444 e. The molecule has 7 heteroatoms. The fraction of sp³-hybridized carbons (Fsp3) is 0.632. The highest BCUT2D eigenvalue weighted by Crippen LogP contribution is 2.37. The first kappa shape index (κ1) is 20.6. The van der Waals surface area contributed by atoms with Gasteiger partial charge >= 0.3 is 12.3 Å². The molecule has 1 fully saturated rings. The molecule has 1 heterocycles. The van der Waals surface area contributed by atoms with Crippen LogP contribution in [0.5, 0.6) is 0 Å². The van der Waals surface area contributed by atoms with Crippen molar-refractivity contribution in [2.75, 3.05) is 6.54 Å². The summed E-state index contributed by atoms with van der Waals surface area (Å²) in [6, 6.07) is 6.64. The summed E-state index contributed by atoms with van der Waals surface area (Å²) in [5, 5.41) is 2.59. The van der Waals surface area contributed by atoms with Crippen LogP contribution in [-0.4, -0.2) is 41.4 Å². The summed E-state index contributed by atoms with van der Waals surface area (Å²) >= 11 is 0. The molecule has 0 radical (unpaired) electrons. The van der Waals surface area contributed by atoms with Gasteiger partial charge in [0.15, 0.2) is 0 Å². The SMILES string of the molecule is CC(c1ccccc1)N1CCC(NC(=O)OC(C)(C)C)CC1C(F)(F)F. The van der Waals surface area contributed by atoms with Crippen LogP contribution in [0.15, 0.2) is 30.3 Å². The fourth-order valence-corrected chi connectivity index (χ4v) is 3.30. The zero-order valence-corrected chi connectivity index (χ0v) is 15.6. The van der Waals surface area contributed by atoms with Gasteiger partial charge in [0, 0.05) is 18.6 Å². The van der Waals surface area contributed by atoms with E-state index in [1.165, 1.54) is 4.90 Å². The van der Waals surface area contributed by atoms with Crippen molar-refractivity contribution in [3.8, 4) is 0 Å². The van der Waals surface area contributed by atoms with Gasteiger partial charge in [-0.05, 0) is 46.1 Å². The monoisotopic (exact) mass is 372 g/mol. The van der Waals surface area contributed by atoms with Crippen LogP contribution < -0.4 is 5.32 Å². The molecular formula is C19H27F3N2O2. The molecule has 1 aliphatic rings. The molecule has 2 rings (SSSR count). The smallest absolute Gasteiger partial charge is 0.407 e. The van der Waals surface area contributed by atoms with Gasteiger partial charge in [0.25, 0.3) is 0 Å². The van der Waals surface area contributed by atoms with Crippen molar-refractivity contribution in [3.63, 3.8) is 0 Å². The molecule has 146 valence electrons. The van der Waals surface area contributed by atoms with E-state index in [-0.39, 0.29) is 19.0 Å². The zero-order valence-electron chi connectivity index (χ0n) is 15.6. The number of likely N-dealkylation sites (tertiary alicyclic amines) is 1. The number of nitrogens with zero attached hydrogens (tertiary/aromatic N) is 1. The normalized spacial score (nSPS) is 23.3. The number of alkyl halides is 3. The van der Waals surface area contributed by atoms with Crippen LogP contribution in [0.3, 0.4) is 0 Å². The van der Waals surface area contributed by atoms with E-state index >= 15 is 0 Å². The van der Waals surface area contributed by atoms with Crippen molar-refractivity contribution in [2.24, 2.45) is 0 Å². The number of carbonyl (C=O) groups excluding carboxylic acids is 1. The average Bonchev–Trinajstić information content (AvgIpc) is 2.52. The van der Waals surface area contributed by atoms with E-state index in [9.17, 15) is 18.0 Å². The highest BCUT2D eigenvalue weighted by atomic mass is 19.4. The fourth-order valence-electron chi connectivity index (χ4n) is 3.30. The minimum atomic E-state index is -4.36. The summed E-state index contributed by atoms with van der Waals surface area (Å²) in [7, 11) is 0. The molecule has 0 aliphatic carbocycles.